The summed E-state index contributed by atoms with van der Waals surface area (Å²) < 4.78 is 31.2. The van der Waals surface area contributed by atoms with E-state index in [1.807, 2.05) is 6.92 Å². The first-order valence-electron chi connectivity index (χ1n) is 5.25. The molecule has 92 valence electrons. The number of Topliss-reactive ketones (excluding diaryl/α,β-unsaturated/α-hetero) is 1. The molecule has 0 aromatic heterocycles. The second kappa shape index (κ2) is 3.29. The molecule has 0 spiro atoms. The zero-order valence-corrected chi connectivity index (χ0v) is 11.6. The van der Waals surface area contributed by atoms with Crippen molar-refractivity contribution >= 4 is 31.8 Å². The summed E-state index contributed by atoms with van der Waals surface area (Å²) in [7, 11) is -4.05. The summed E-state index contributed by atoms with van der Waals surface area (Å²) in [6.07, 6.45) is 1.55. The van der Waals surface area contributed by atoms with Crippen LogP contribution in [0.5, 0.6) is 0 Å². The van der Waals surface area contributed by atoms with Crippen LogP contribution in [0.1, 0.15) is 26.7 Å². The molecule has 0 unspecified atom stereocenters. The third-order valence-corrected chi connectivity index (χ3v) is 6.68. The molecular weight excluding hydrogens is 296 g/mol. The summed E-state index contributed by atoms with van der Waals surface area (Å²) >= 11 is 3.35. The SMILES string of the molecule is C[C@@]12CC[C@H]([C@H](Br)C1=O)[C@@]2(C)CS(=O)(=O)O. The lowest BCUT2D eigenvalue weighted by Gasteiger charge is -2.35. The highest BCUT2D eigenvalue weighted by molar-refractivity contribution is 9.10. The number of rotatable bonds is 2. The van der Waals surface area contributed by atoms with E-state index in [-0.39, 0.29) is 22.3 Å². The molecule has 2 saturated carbocycles. The third-order valence-electron chi connectivity index (χ3n) is 4.66. The van der Waals surface area contributed by atoms with Gasteiger partial charge in [-0.2, -0.15) is 8.42 Å². The summed E-state index contributed by atoms with van der Waals surface area (Å²) in [6.45, 7) is 3.62. The molecule has 4 nitrogen and oxygen atoms in total. The van der Waals surface area contributed by atoms with Crippen molar-refractivity contribution in [3.63, 3.8) is 0 Å². The largest absolute Gasteiger partial charge is 0.298 e. The fourth-order valence-corrected chi connectivity index (χ4v) is 6.11. The first-order valence-corrected chi connectivity index (χ1v) is 7.78. The zero-order valence-electron chi connectivity index (χ0n) is 9.23. The van der Waals surface area contributed by atoms with E-state index >= 15 is 0 Å². The van der Waals surface area contributed by atoms with Gasteiger partial charge in [0, 0.05) is 10.8 Å². The van der Waals surface area contributed by atoms with Crippen LogP contribution < -0.4 is 0 Å². The highest BCUT2D eigenvalue weighted by atomic mass is 79.9. The lowest BCUT2D eigenvalue weighted by molar-refractivity contribution is -0.127. The lowest BCUT2D eigenvalue weighted by atomic mass is 9.70. The number of carbonyl (C=O) groups is 1. The molecule has 0 radical (unpaired) electrons. The van der Waals surface area contributed by atoms with Crippen LogP contribution in [-0.2, 0) is 14.9 Å². The van der Waals surface area contributed by atoms with Gasteiger partial charge in [-0.1, -0.05) is 29.8 Å². The maximum absolute atomic E-state index is 12.1. The Morgan fingerprint density at radius 2 is 2.06 bits per heavy atom. The number of hydrogen-bond acceptors (Lipinski definition) is 3. The molecule has 4 atom stereocenters. The minimum Gasteiger partial charge on any atom is -0.298 e. The van der Waals surface area contributed by atoms with Crippen LogP contribution >= 0.6 is 15.9 Å². The van der Waals surface area contributed by atoms with E-state index in [0.717, 1.165) is 6.42 Å². The van der Waals surface area contributed by atoms with Gasteiger partial charge in [0.2, 0.25) is 0 Å². The molecule has 16 heavy (non-hydrogen) atoms. The van der Waals surface area contributed by atoms with Gasteiger partial charge in [0.25, 0.3) is 10.1 Å². The van der Waals surface area contributed by atoms with Crippen LogP contribution in [-0.4, -0.2) is 29.3 Å². The van der Waals surface area contributed by atoms with Crippen molar-refractivity contribution in [2.45, 2.75) is 31.5 Å². The highest BCUT2D eigenvalue weighted by Gasteiger charge is 2.68. The monoisotopic (exact) mass is 310 g/mol. The first kappa shape index (κ1) is 12.5. The van der Waals surface area contributed by atoms with E-state index in [9.17, 15) is 13.2 Å². The molecule has 2 aliphatic rings. The summed E-state index contributed by atoms with van der Waals surface area (Å²) in [6, 6.07) is 0. The van der Waals surface area contributed by atoms with Crippen molar-refractivity contribution < 1.29 is 17.8 Å². The number of hydrogen-bond donors (Lipinski definition) is 1. The van der Waals surface area contributed by atoms with Gasteiger partial charge in [-0.25, -0.2) is 0 Å². The van der Waals surface area contributed by atoms with E-state index in [1.165, 1.54) is 0 Å². The summed E-state index contributed by atoms with van der Waals surface area (Å²) in [5, 5.41) is 0. The number of alkyl halides is 1. The Balaban J connectivity index is 2.47. The number of ketones is 1. The molecule has 0 saturated heterocycles. The van der Waals surface area contributed by atoms with E-state index in [0.29, 0.717) is 6.42 Å². The smallest absolute Gasteiger partial charge is 0.265 e. The van der Waals surface area contributed by atoms with Crippen LogP contribution in [0.15, 0.2) is 0 Å². The second-order valence-corrected chi connectivity index (χ2v) is 7.83. The second-order valence-electron chi connectivity index (χ2n) is 5.39. The third kappa shape index (κ3) is 1.42. The van der Waals surface area contributed by atoms with Gasteiger partial charge in [0.1, 0.15) is 0 Å². The quantitative estimate of drug-likeness (QED) is 0.622. The van der Waals surface area contributed by atoms with Crippen LogP contribution in [0.25, 0.3) is 0 Å². The number of carbonyl (C=O) groups excluding carboxylic acids is 1. The Bertz CT molecular complexity index is 446. The predicted octanol–water partition coefficient (Wildman–Crippen LogP) is 1.64. The van der Waals surface area contributed by atoms with E-state index in [2.05, 4.69) is 15.9 Å². The van der Waals surface area contributed by atoms with Crippen molar-refractivity contribution in [2.75, 3.05) is 5.75 Å². The Kier molecular flexibility index (Phi) is 2.58. The Morgan fingerprint density at radius 3 is 2.44 bits per heavy atom. The normalized spacial score (nSPS) is 47.6. The van der Waals surface area contributed by atoms with E-state index in [1.54, 1.807) is 6.92 Å². The molecule has 0 aromatic carbocycles. The molecule has 0 amide bonds. The van der Waals surface area contributed by atoms with Gasteiger partial charge >= 0.3 is 0 Å². The minimum atomic E-state index is -4.05. The summed E-state index contributed by atoms with van der Waals surface area (Å²) in [5.41, 5.74) is -1.27. The van der Waals surface area contributed by atoms with Gasteiger partial charge in [0.15, 0.2) is 5.78 Å². The topological polar surface area (TPSA) is 71.4 Å². The maximum atomic E-state index is 12.1. The average Bonchev–Trinajstić information content (AvgIpc) is 2.40. The fourth-order valence-electron chi connectivity index (χ4n) is 3.46. The molecule has 2 aliphatic carbocycles. The number of fused-ring (bicyclic) bond motifs is 2. The molecule has 0 aromatic rings. The molecule has 0 aliphatic heterocycles. The van der Waals surface area contributed by atoms with Gasteiger partial charge < -0.3 is 0 Å². The fraction of sp³-hybridized carbons (Fsp3) is 0.900. The maximum Gasteiger partial charge on any atom is 0.265 e. The molecule has 2 bridgehead atoms. The van der Waals surface area contributed by atoms with Crippen molar-refractivity contribution in [1.82, 2.24) is 0 Å². The van der Waals surface area contributed by atoms with E-state index in [4.69, 9.17) is 4.55 Å². The van der Waals surface area contributed by atoms with Gasteiger partial charge in [-0.05, 0) is 18.8 Å². The van der Waals surface area contributed by atoms with Crippen LogP contribution in [0.4, 0.5) is 0 Å². The predicted molar refractivity (Wildman–Crippen MR) is 63.1 cm³/mol. The van der Waals surface area contributed by atoms with Crippen molar-refractivity contribution in [1.29, 1.82) is 0 Å². The molecule has 2 rings (SSSR count). The molecule has 2 fully saturated rings. The van der Waals surface area contributed by atoms with Crippen LogP contribution in [0.2, 0.25) is 0 Å². The van der Waals surface area contributed by atoms with E-state index < -0.39 is 20.9 Å². The summed E-state index contributed by atoms with van der Waals surface area (Å²) in [5.74, 6) is -0.239. The van der Waals surface area contributed by atoms with Crippen molar-refractivity contribution in [3.05, 3.63) is 0 Å². The first-order chi connectivity index (χ1) is 7.12. The highest BCUT2D eigenvalue weighted by Crippen LogP contribution is 2.65. The average molecular weight is 311 g/mol. The number of halogens is 1. The molecule has 1 N–H and O–H groups in total. The molecule has 6 heteroatoms. The van der Waals surface area contributed by atoms with Crippen LogP contribution in [0, 0.1) is 16.7 Å². The summed E-state index contributed by atoms with van der Waals surface area (Å²) in [4.78, 5) is 11.8. The Morgan fingerprint density at radius 1 is 1.50 bits per heavy atom. The van der Waals surface area contributed by atoms with Crippen LogP contribution in [0.3, 0.4) is 0 Å². The van der Waals surface area contributed by atoms with Crippen molar-refractivity contribution in [2.24, 2.45) is 16.7 Å². The molecule has 0 heterocycles. The molecular formula is C10H15BrO4S. The van der Waals surface area contributed by atoms with Gasteiger partial charge in [-0.3, -0.25) is 9.35 Å². The van der Waals surface area contributed by atoms with Crippen molar-refractivity contribution in [3.8, 4) is 0 Å². The Labute approximate surface area is 104 Å². The minimum absolute atomic E-state index is 0.00641. The zero-order chi connectivity index (χ0) is 12.4. The lowest BCUT2D eigenvalue weighted by Crippen LogP contribution is -2.40. The Hall–Kier alpha value is 0.0600. The van der Waals surface area contributed by atoms with Gasteiger partial charge in [-0.15, -0.1) is 0 Å². The standard InChI is InChI=1S/C10H15BrO4S/c1-9-4-3-6(7(11)8(9)12)10(9,2)5-16(13,14)15/h6-7H,3-5H2,1-2H3,(H,13,14,15)/t6-,7+,9-,10-/m1/s1. The van der Waals surface area contributed by atoms with Gasteiger partial charge in [0.05, 0.1) is 10.6 Å².